The molecule has 1 aromatic heterocycles. The standard InChI is InChI=1S/C18H23FN4O2.ClH/c1-11-8-13(19)6-7-15(11)23-10-16(24)17(22-23)18(25)21-14-5-3-2-4-12(14)9-20;/h6-8,10,12,14,24H,2-5,9,20H2,1H3,(H,21,25);1H. The van der Waals surface area contributed by atoms with Crippen molar-refractivity contribution in [1.29, 1.82) is 0 Å². The number of nitrogens with zero attached hydrogens (tertiary/aromatic N) is 2. The third-order valence-electron chi connectivity index (χ3n) is 4.84. The second kappa shape index (κ2) is 8.51. The van der Waals surface area contributed by atoms with Gasteiger partial charge in [0.05, 0.1) is 11.9 Å². The van der Waals surface area contributed by atoms with Crippen molar-refractivity contribution < 1.29 is 14.3 Å². The Kier molecular flexibility index (Phi) is 6.61. The molecule has 1 heterocycles. The first-order valence-corrected chi connectivity index (χ1v) is 8.55. The van der Waals surface area contributed by atoms with E-state index in [4.69, 9.17) is 5.73 Å². The van der Waals surface area contributed by atoms with Gasteiger partial charge in [-0.1, -0.05) is 12.8 Å². The lowest BCUT2D eigenvalue weighted by Gasteiger charge is -2.31. The Balaban J connectivity index is 0.00000243. The summed E-state index contributed by atoms with van der Waals surface area (Å²) in [4.78, 5) is 12.5. The van der Waals surface area contributed by atoms with Crippen LogP contribution >= 0.6 is 12.4 Å². The summed E-state index contributed by atoms with van der Waals surface area (Å²) in [6, 6.07) is 4.25. The van der Waals surface area contributed by atoms with Crippen LogP contribution in [0.3, 0.4) is 0 Å². The van der Waals surface area contributed by atoms with Crippen molar-refractivity contribution in [3.8, 4) is 11.4 Å². The molecule has 142 valence electrons. The maximum atomic E-state index is 13.3. The Morgan fingerprint density at radius 1 is 1.42 bits per heavy atom. The van der Waals surface area contributed by atoms with Crippen LogP contribution in [0.1, 0.15) is 41.7 Å². The molecule has 0 aliphatic heterocycles. The Bertz CT molecular complexity index is 781. The van der Waals surface area contributed by atoms with Gasteiger partial charge in [0, 0.05) is 6.04 Å². The maximum absolute atomic E-state index is 13.3. The van der Waals surface area contributed by atoms with Gasteiger partial charge in [0.2, 0.25) is 0 Å². The highest BCUT2D eigenvalue weighted by Crippen LogP contribution is 2.25. The van der Waals surface area contributed by atoms with Gasteiger partial charge < -0.3 is 16.2 Å². The molecule has 1 fully saturated rings. The molecule has 3 rings (SSSR count). The van der Waals surface area contributed by atoms with E-state index in [0.29, 0.717) is 17.8 Å². The molecule has 2 aromatic rings. The number of nitrogens with one attached hydrogen (secondary N) is 1. The van der Waals surface area contributed by atoms with Crippen LogP contribution in [0.4, 0.5) is 4.39 Å². The first-order valence-electron chi connectivity index (χ1n) is 8.55. The molecule has 1 amide bonds. The molecule has 1 saturated carbocycles. The van der Waals surface area contributed by atoms with Crippen LogP contribution in [0.25, 0.3) is 5.69 Å². The zero-order valence-corrected chi connectivity index (χ0v) is 15.4. The summed E-state index contributed by atoms with van der Waals surface area (Å²) in [5, 5.41) is 17.3. The lowest BCUT2D eigenvalue weighted by molar-refractivity contribution is 0.0900. The van der Waals surface area contributed by atoms with E-state index >= 15 is 0 Å². The summed E-state index contributed by atoms with van der Waals surface area (Å²) >= 11 is 0. The number of nitrogens with two attached hydrogens (primary N) is 1. The normalized spacial score (nSPS) is 19.7. The number of hydrogen-bond donors (Lipinski definition) is 3. The number of amides is 1. The molecule has 0 radical (unpaired) electrons. The van der Waals surface area contributed by atoms with Crippen LogP contribution in [0.5, 0.6) is 5.75 Å². The predicted octanol–water partition coefficient (Wildman–Crippen LogP) is 2.69. The second-order valence-electron chi connectivity index (χ2n) is 6.60. The highest BCUT2D eigenvalue weighted by Gasteiger charge is 2.27. The fourth-order valence-electron chi connectivity index (χ4n) is 3.44. The van der Waals surface area contributed by atoms with Crippen molar-refractivity contribution in [3.05, 3.63) is 41.5 Å². The van der Waals surface area contributed by atoms with E-state index in [9.17, 15) is 14.3 Å². The minimum absolute atomic E-state index is 0. The van der Waals surface area contributed by atoms with Gasteiger partial charge in [-0.05, 0) is 56.0 Å². The average molecular weight is 383 g/mol. The zero-order valence-electron chi connectivity index (χ0n) is 14.6. The smallest absolute Gasteiger partial charge is 0.275 e. The third kappa shape index (κ3) is 4.16. The Morgan fingerprint density at radius 3 is 2.85 bits per heavy atom. The van der Waals surface area contributed by atoms with Gasteiger partial charge in [0.15, 0.2) is 11.4 Å². The van der Waals surface area contributed by atoms with Crippen molar-refractivity contribution in [1.82, 2.24) is 15.1 Å². The van der Waals surface area contributed by atoms with Crippen molar-refractivity contribution in [3.63, 3.8) is 0 Å². The van der Waals surface area contributed by atoms with Crippen molar-refractivity contribution in [2.45, 2.75) is 38.6 Å². The first-order chi connectivity index (χ1) is 12.0. The molecular formula is C18H24ClFN4O2. The summed E-state index contributed by atoms with van der Waals surface area (Å²) in [6.07, 6.45) is 5.41. The van der Waals surface area contributed by atoms with Gasteiger partial charge in [-0.15, -0.1) is 12.4 Å². The highest BCUT2D eigenvalue weighted by molar-refractivity contribution is 5.95. The van der Waals surface area contributed by atoms with Gasteiger partial charge >= 0.3 is 0 Å². The molecule has 2 atom stereocenters. The lowest BCUT2D eigenvalue weighted by Crippen LogP contribution is -2.44. The average Bonchev–Trinajstić information content (AvgIpc) is 2.97. The van der Waals surface area contributed by atoms with E-state index in [0.717, 1.165) is 25.7 Å². The SMILES string of the molecule is Cc1cc(F)ccc1-n1cc(O)c(C(=O)NC2CCCCC2CN)n1.Cl. The van der Waals surface area contributed by atoms with E-state index in [1.54, 1.807) is 13.0 Å². The molecule has 1 aliphatic rings. The monoisotopic (exact) mass is 382 g/mol. The zero-order chi connectivity index (χ0) is 18.0. The molecule has 0 spiro atoms. The largest absolute Gasteiger partial charge is 0.504 e. The van der Waals surface area contributed by atoms with Crippen molar-refractivity contribution in [2.75, 3.05) is 6.54 Å². The van der Waals surface area contributed by atoms with E-state index < -0.39 is 5.91 Å². The predicted molar refractivity (Wildman–Crippen MR) is 99.4 cm³/mol. The quantitative estimate of drug-likeness (QED) is 0.757. The number of aryl methyl sites for hydroxylation is 1. The van der Waals surface area contributed by atoms with Crippen molar-refractivity contribution in [2.24, 2.45) is 11.7 Å². The molecule has 0 bridgehead atoms. The number of carbonyl (C=O) groups excluding carboxylic acids is 1. The fraction of sp³-hybridized carbons (Fsp3) is 0.444. The van der Waals surface area contributed by atoms with Gasteiger partial charge in [0.25, 0.3) is 5.91 Å². The van der Waals surface area contributed by atoms with Crippen LogP contribution < -0.4 is 11.1 Å². The molecule has 6 nitrogen and oxygen atoms in total. The van der Waals surface area contributed by atoms with Crippen LogP contribution in [0.15, 0.2) is 24.4 Å². The minimum Gasteiger partial charge on any atom is -0.504 e. The summed E-state index contributed by atoms with van der Waals surface area (Å²) in [6.45, 7) is 2.27. The Morgan fingerprint density at radius 2 is 2.15 bits per heavy atom. The molecule has 8 heteroatoms. The van der Waals surface area contributed by atoms with E-state index in [2.05, 4.69) is 10.4 Å². The summed E-state index contributed by atoms with van der Waals surface area (Å²) in [5.74, 6) is -0.718. The molecule has 0 saturated heterocycles. The number of aromatic hydroxyl groups is 1. The number of halogens is 2. The van der Waals surface area contributed by atoms with Gasteiger partial charge in [-0.2, -0.15) is 5.10 Å². The fourth-order valence-corrected chi connectivity index (χ4v) is 3.44. The third-order valence-corrected chi connectivity index (χ3v) is 4.84. The lowest BCUT2D eigenvalue weighted by atomic mass is 9.84. The molecule has 1 aromatic carbocycles. The number of benzene rings is 1. The highest BCUT2D eigenvalue weighted by atomic mass is 35.5. The van der Waals surface area contributed by atoms with Crippen LogP contribution in [0, 0.1) is 18.7 Å². The molecule has 26 heavy (non-hydrogen) atoms. The summed E-state index contributed by atoms with van der Waals surface area (Å²) < 4.78 is 14.6. The van der Waals surface area contributed by atoms with Crippen molar-refractivity contribution >= 4 is 18.3 Å². The maximum Gasteiger partial charge on any atom is 0.275 e. The topological polar surface area (TPSA) is 93.2 Å². The number of rotatable bonds is 4. The number of hydrogen-bond acceptors (Lipinski definition) is 4. The first kappa shape index (κ1) is 20.2. The molecule has 2 unspecified atom stereocenters. The van der Waals surface area contributed by atoms with Gasteiger partial charge in [-0.3, -0.25) is 4.79 Å². The summed E-state index contributed by atoms with van der Waals surface area (Å²) in [7, 11) is 0. The van der Waals surface area contributed by atoms with Gasteiger partial charge in [-0.25, -0.2) is 9.07 Å². The molecular weight excluding hydrogens is 359 g/mol. The molecule has 1 aliphatic carbocycles. The summed E-state index contributed by atoms with van der Waals surface area (Å²) in [5.41, 5.74) is 7.02. The van der Waals surface area contributed by atoms with Gasteiger partial charge in [0.1, 0.15) is 5.82 Å². The Labute approximate surface area is 158 Å². The van der Waals surface area contributed by atoms with Crippen LogP contribution in [0.2, 0.25) is 0 Å². The number of carbonyl (C=O) groups is 1. The second-order valence-corrected chi connectivity index (χ2v) is 6.60. The Hall–Kier alpha value is -2.12. The van der Waals surface area contributed by atoms with E-state index in [-0.39, 0.29) is 41.6 Å². The minimum atomic E-state index is -0.415. The van der Waals surface area contributed by atoms with Crippen LogP contribution in [-0.4, -0.2) is 33.4 Å². The van der Waals surface area contributed by atoms with E-state index in [1.165, 1.54) is 23.0 Å². The van der Waals surface area contributed by atoms with E-state index in [1.807, 2.05) is 0 Å². The molecule has 4 N–H and O–H groups in total. The number of aromatic nitrogens is 2. The van der Waals surface area contributed by atoms with Crippen LogP contribution in [-0.2, 0) is 0 Å².